The summed E-state index contributed by atoms with van der Waals surface area (Å²) in [6.07, 6.45) is -12.1. The highest BCUT2D eigenvalue weighted by Crippen LogP contribution is 2.44. The Hall–Kier alpha value is -1.54. The van der Waals surface area contributed by atoms with Crippen molar-refractivity contribution in [2.75, 3.05) is 5.32 Å². The monoisotopic (exact) mass is 307 g/mol. The Morgan fingerprint density at radius 3 is 1.80 bits per heavy atom. The first kappa shape index (κ1) is 16.5. The van der Waals surface area contributed by atoms with Gasteiger partial charge in [0.05, 0.1) is 0 Å². The molecule has 9 heteroatoms. The van der Waals surface area contributed by atoms with Crippen molar-refractivity contribution in [2.45, 2.75) is 31.2 Å². The maximum absolute atomic E-state index is 13.0. The summed E-state index contributed by atoms with van der Waals surface area (Å²) in [5.74, 6) is -5.95. The summed E-state index contributed by atoms with van der Waals surface area (Å²) in [6.45, 7) is 1.28. The molecule has 0 bridgehead atoms. The zero-order valence-corrected chi connectivity index (χ0v) is 9.91. The second-order valence-electron chi connectivity index (χ2n) is 4.05. The van der Waals surface area contributed by atoms with Gasteiger partial charge in [-0.15, -0.1) is 0 Å². The minimum Gasteiger partial charge on any atom is -0.369 e. The average Bonchev–Trinajstić information content (AvgIpc) is 2.24. The van der Waals surface area contributed by atoms with E-state index in [1.54, 1.807) is 0 Å². The van der Waals surface area contributed by atoms with Crippen LogP contribution in [-0.4, -0.2) is 24.3 Å². The van der Waals surface area contributed by atoms with Crippen molar-refractivity contribution < 1.29 is 35.1 Å². The fraction of sp³-hybridized carbons (Fsp3) is 0.455. The van der Waals surface area contributed by atoms with Gasteiger partial charge in [-0.2, -0.15) is 35.1 Å². The number of nitrogens with one attached hydrogen (secondary N) is 1. The smallest absolute Gasteiger partial charge is 0.369 e. The standard InChI is InChI=1S/C11H9F8N/c1-6-4-2-3-5-7(6)20-8(10(14,15)16)9(12,13)11(17,18)19/h2-5,8,20H,1H3. The summed E-state index contributed by atoms with van der Waals surface area (Å²) >= 11 is 0. The van der Waals surface area contributed by atoms with E-state index in [2.05, 4.69) is 0 Å². The highest BCUT2D eigenvalue weighted by Gasteiger charge is 2.70. The van der Waals surface area contributed by atoms with E-state index in [0.29, 0.717) is 0 Å². The molecular weight excluding hydrogens is 298 g/mol. The van der Waals surface area contributed by atoms with E-state index in [0.717, 1.165) is 6.07 Å². The van der Waals surface area contributed by atoms with E-state index in [9.17, 15) is 35.1 Å². The van der Waals surface area contributed by atoms with Crippen LogP contribution in [0, 0.1) is 6.92 Å². The van der Waals surface area contributed by atoms with E-state index in [4.69, 9.17) is 0 Å². The lowest BCUT2D eigenvalue weighted by molar-refractivity contribution is -0.319. The van der Waals surface area contributed by atoms with E-state index in [1.807, 2.05) is 0 Å². The zero-order chi connectivity index (χ0) is 15.8. The second kappa shape index (κ2) is 5.10. The summed E-state index contributed by atoms with van der Waals surface area (Å²) in [5.41, 5.74) is -0.335. The minimum absolute atomic E-state index is 0.111. The summed E-state index contributed by atoms with van der Waals surface area (Å²) in [5, 5.41) is 1.24. The lowest BCUT2D eigenvalue weighted by Crippen LogP contribution is -2.57. The van der Waals surface area contributed by atoms with Crippen LogP contribution in [0.25, 0.3) is 0 Å². The van der Waals surface area contributed by atoms with Gasteiger partial charge in [-0.25, -0.2) is 0 Å². The summed E-state index contributed by atoms with van der Waals surface area (Å²) in [6, 6.07) is 0.831. The molecule has 0 aliphatic rings. The highest BCUT2D eigenvalue weighted by atomic mass is 19.4. The van der Waals surface area contributed by atoms with Gasteiger partial charge in [0.1, 0.15) is 0 Å². The van der Waals surface area contributed by atoms with E-state index < -0.39 is 30.0 Å². The Kier molecular flexibility index (Phi) is 4.21. The predicted molar refractivity (Wildman–Crippen MR) is 55.6 cm³/mol. The topological polar surface area (TPSA) is 12.0 Å². The van der Waals surface area contributed by atoms with Crippen molar-refractivity contribution in [3.63, 3.8) is 0 Å². The SMILES string of the molecule is Cc1ccccc1NC(C(F)(F)F)C(F)(F)C(F)(F)F. The van der Waals surface area contributed by atoms with Crippen molar-refractivity contribution in [1.29, 1.82) is 0 Å². The molecule has 20 heavy (non-hydrogen) atoms. The van der Waals surface area contributed by atoms with Crippen molar-refractivity contribution in [3.8, 4) is 0 Å². The molecule has 1 aromatic carbocycles. The molecule has 1 aromatic rings. The summed E-state index contributed by atoms with van der Waals surface area (Å²) in [7, 11) is 0. The van der Waals surface area contributed by atoms with Crippen LogP contribution in [0.4, 0.5) is 40.8 Å². The van der Waals surface area contributed by atoms with Gasteiger partial charge in [-0.1, -0.05) is 18.2 Å². The highest BCUT2D eigenvalue weighted by molar-refractivity contribution is 5.51. The largest absolute Gasteiger partial charge is 0.455 e. The maximum atomic E-state index is 13.0. The van der Waals surface area contributed by atoms with Gasteiger partial charge in [0, 0.05) is 5.69 Å². The molecule has 0 aliphatic carbocycles. The molecule has 0 aliphatic heterocycles. The van der Waals surface area contributed by atoms with Gasteiger partial charge in [0.15, 0.2) is 6.04 Å². The van der Waals surface area contributed by atoms with Crippen molar-refractivity contribution in [3.05, 3.63) is 29.8 Å². The van der Waals surface area contributed by atoms with E-state index >= 15 is 0 Å². The third-order valence-electron chi connectivity index (χ3n) is 2.51. The lowest BCUT2D eigenvalue weighted by atomic mass is 10.1. The van der Waals surface area contributed by atoms with Crippen LogP contribution < -0.4 is 5.32 Å². The predicted octanol–water partition coefficient (Wildman–Crippen LogP) is 4.54. The molecule has 1 atom stereocenters. The van der Waals surface area contributed by atoms with Crippen molar-refractivity contribution >= 4 is 5.69 Å². The maximum Gasteiger partial charge on any atom is 0.455 e. The average molecular weight is 307 g/mol. The molecule has 0 aromatic heterocycles. The molecule has 1 N–H and O–H groups in total. The normalized spacial score (nSPS) is 15.1. The lowest BCUT2D eigenvalue weighted by Gasteiger charge is -2.31. The molecule has 0 radical (unpaired) electrons. The number of alkyl halides is 8. The van der Waals surface area contributed by atoms with Crippen LogP contribution in [0.5, 0.6) is 0 Å². The molecule has 0 saturated carbocycles. The van der Waals surface area contributed by atoms with E-state index in [1.165, 1.54) is 30.4 Å². The Bertz CT molecular complexity index is 462. The van der Waals surface area contributed by atoms with Gasteiger partial charge in [0.2, 0.25) is 0 Å². The first-order chi connectivity index (χ1) is 8.87. The number of anilines is 1. The van der Waals surface area contributed by atoms with Crippen molar-refractivity contribution in [1.82, 2.24) is 0 Å². The summed E-state index contributed by atoms with van der Waals surface area (Å²) < 4.78 is 99.9. The Labute approximate surface area is 108 Å². The minimum atomic E-state index is -6.32. The number of hydrogen-bond acceptors (Lipinski definition) is 1. The first-order valence-electron chi connectivity index (χ1n) is 5.21. The van der Waals surface area contributed by atoms with Gasteiger partial charge in [-0.05, 0) is 18.6 Å². The number of halogens is 8. The second-order valence-corrected chi connectivity index (χ2v) is 4.05. The molecule has 0 spiro atoms. The number of aryl methyl sites for hydroxylation is 1. The molecule has 0 amide bonds. The van der Waals surface area contributed by atoms with Gasteiger partial charge in [0.25, 0.3) is 0 Å². The fourth-order valence-electron chi connectivity index (χ4n) is 1.43. The Morgan fingerprint density at radius 1 is 0.900 bits per heavy atom. The van der Waals surface area contributed by atoms with Crippen LogP contribution in [-0.2, 0) is 0 Å². The van der Waals surface area contributed by atoms with E-state index in [-0.39, 0.29) is 5.56 Å². The molecule has 0 heterocycles. The number of hydrogen-bond donors (Lipinski definition) is 1. The fourth-order valence-corrected chi connectivity index (χ4v) is 1.43. The molecule has 0 fully saturated rings. The van der Waals surface area contributed by atoms with Crippen molar-refractivity contribution in [2.24, 2.45) is 0 Å². The zero-order valence-electron chi connectivity index (χ0n) is 9.91. The number of rotatable bonds is 3. The van der Waals surface area contributed by atoms with Crippen LogP contribution in [0.2, 0.25) is 0 Å². The molecular formula is C11H9F8N. The molecule has 1 nitrogen and oxygen atoms in total. The van der Waals surface area contributed by atoms with Crippen LogP contribution in [0.15, 0.2) is 24.3 Å². The van der Waals surface area contributed by atoms with Gasteiger partial charge < -0.3 is 5.32 Å². The van der Waals surface area contributed by atoms with Crippen LogP contribution >= 0.6 is 0 Å². The molecule has 1 unspecified atom stereocenters. The van der Waals surface area contributed by atoms with Crippen LogP contribution in [0.3, 0.4) is 0 Å². The quantitative estimate of drug-likeness (QED) is 0.809. The third-order valence-corrected chi connectivity index (χ3v) is 2.51. The first-order valence-corrected chi connectivity index (χ1v) is 5.21. The molecule has 0 saturated heterocycles. The van der Waals surface area contributed by atoms with Crippen LogP contribution in [0.1, 0.15) is 5.56 Å². The third kappa shape index (κ3) is 3.31. The van der Waals surface area contributed by atoms with Gasteiger partial charge >= 0.3 is 18.3 Å². The molecule has 1 rings (SSSR count). The number of para-hydroxylation sites is 1. The summed E-state index contributed by atoms with van der Waals surface area (Å²) in [4.78, 5) is 0. The molecule has 114 valence electrons. The van der Waals surface area contributed by atoms with Gasteiger partial charge in [-0.3, -0.25) is 0 Å². The number of benzene rings is 1. The Morgan fingerprint density at radius 2 is 1.40 bits per heavy atom. The Balaban J connectivity index is 3.20.